The van der Waals surface area contributed by atoms with Gasteiger partial charge in [0.1, 0.15) is 11.4 Å². The fraction of sp³-hybridized carbons (Fsp3) is 0.417. The Hall–Kier alpha value is -1.03. The minimum atomic E-state index is -0.783. The van der Waals surface area contributed by atoms with Gasteiger partial charge in [-0.05, 0) is 48.8 Å². The van der Waals surface area contributed by atoms with E-state index in [-0.39, 0.29) is 0 Å². The van der Waals surface area contributed by atoms with E-state index in [0.29, 0.717) is 5.75 Å². The number of carbonyl (C=O) groups is 1. The molecular weight excluding hydrogens is 272 g/mol. The van der Waals surface area contributed by atoms with Crippen molar-refractivity contribution in [1.82, 2.24) is 0 Å². The van der Waals surface area contributed by atoms with Gasteiger partial charge in [-0.1, -0.05) is 18.2 Å². The van der Waals surface area contributed by atoms with Crippen LogP contribution in [-0.2, 0) is 9.53 Å². The minimum Gasteiger partial charge on any atom is -0.467 e. The van der Waals surface area contributed by atoms with Crippen LogP contribution in [0.4, 0.5) is 0 Å². The van der Waals surface area contributed by atoms with Crippen molar-refractivity contribution in [3.63, 3.8) is 0 Å². The molecule has 0 aliphatic carbocycles. The highest BCUT2D eigenvalue weighted by atomic mass is 79.9. The van der Waals surface area contributed by atoms with Gasteiger partial charge in [-0.2, -0.15) is 0 Å². The lowest BCUT2D eigenvalue weighted by molar-refractivity contribution is -0.158. The summed E-state index contributed by atoms with van der Waals surface area (Å²) in [5.41, 5.74) is -0.511. The highest BCUT2D eigenvalue weighted by Gasteiger charge is 2.24. The zero-order valence-corrected chi connectivity index (χ0v) is 11.2. The summed E-state index contributed by atoms with van der Waals surface area (Å²) in [6.07, 6.45) is 0. The monoisotopic (exact) mass is 286 g/mol. The lowest BCUT2D eigenvalue weighted by Gasteiger charge is -2.21. The number of carbonyl (C=O) groups excluding carboxylic acids is 1. The Kier molecular flexibility index (Phi) is 4.35. The van der Waals surface area contributed by atoms with Crippen LogP contribution in [-0.4, -0.2) is 16.6 Å². The molecule has 0 aliphatic rings. The number of ether oxygens (including phenoxy) is 2. The van der Waals surface area contributed by atoms with Crippen LogP contribution in [0, 0.1) is 0 Å². The first kappa shape index (κ1) is 13.0. The Morgan fingerprint density at radius 3 is 2.31 bits per heavy atom. The maximum atomic E-state index is 11.6. The van der Waals surface area contributed by atoms with Crippen molar-refractivity contribution >= 4 is 21.9 Å². The zero-order chi connectivity index (χ0) is 12.2. The molecule has 4 heteroatoms. The van der Waals surface area contributed by atoms with Crippen molar-refractivity contribution in [3.05, 3.63) is 30.3 Å². The molecule has 0 N–H and O–H groups in total. The molecule has 0 spiro atoms. The summed E-state index contributed by atoms with van der Waals surface area (Å²) in [7, 11) is 0. The third-order valence-electron chi connectivity index (χ3n) is 1.57. The summed E-state index contributed by atoms with van der Waals surface area (Å²) in [5, 5.41) is -0.783. The molecule has 0 aliphatic heterocycles. The van der Waals surface area contributed by atoms with Gasteiger partial charge in [0.2, 0.25) is 5.01 Å². The second-order valence-corrected chi connectivity index (χ2v) is 5.11. The van der Waals surface area contributed by atoms with Gasteiger partial charge >= 0.3 is 5.97 Å². The maximum absolute atomic E-state index is 11.6. The van der Waals surface area contributed by atoms with Gasteiger partial charge < -0.3 is 9.47 Å². The van der Waals surface area contributed by atoms with Crippen LogP contribution >= 0.6 is 15.9 Å². The molecule has 1 aromatic rings. The van der Waals surface area contributed by atoms with Crippen molar-refractivity contribution in [2.75, 3.05) is 0 Å². The summed E-state index contributed by atoms with van der Waals surface area (Å²) < 4.78 is 10.5. The summed E-state index contributed by atoms with van der Waals surface area (Å²) in [6.45, 7) is 5.44. The van der Waals surface area contributed by atoms with Crippen molar-refractivity contribution in [2.24, 2.45) is 0 Å². The summed E-state index contributed by atoms with van der Waals surface area (Å²) >= 11 is 3.14. The fourth-order valence-corrected chi connectivity index (χ4v) is 1.32. The molecule has 1 atom stereocenters. The summed E-state index contributed by atoms with van der Waals surface area (Å²) in [5.74, 6) is 0.187. The highest BCUT2D eigenvalue weighted by molar-refractivity contribution is 9.09. The Morgan fingerprint density at radius 2 is 1.81 bits per heavy atom. The van der Waals surface area contributed by atoms with Crippen LogP contribution in [0.2, 0.25) is 0 Å². The molecule has 0 fully saturated rings. The van der Waals surface area contributed by atoms with E-state index in [2.05, 4.69) is 15.9 Å². The quantitative estimate of drug-likeness (QED) is 0.633. The lowest BCUT2D eigenvalue weighted by Crippen LogP contribution is -2.31. The Balaban J connectivity index is 2.53. The average Bonchev–Trinajstić information content (AvgIpc) is 2.16. The van der Waals surface area contributed by atoms with E-state index in [1.165, 1.54) is 0 Å². The third-order valence-corrected chi connectivity index (χ3v) is 2.14. The first-order valence-electron chi connectivity index (χ1n) is 4.97. The molecule has 0 amide bonds. The molecule has 0 saturated carbocycles. The fourth-order valence-electron chi connectivity index (χ4n) is 1.01. The van der Waals surface area contributed by atoms with Crippen LogP contribution < -0.4 is 4.74 Å². The maximum Gasteiger partial charge on any atom is 0.359 e. The van der Waals surface area contributed by atoms with E-state index < -0.39 is 16.6 Å². The zero-order valence-electron chi connectivity index (χ0n) is 9.57. The molecule has 1 rings (SSSR count). The van der Waals surface area contributed by atoms with Gasteiger partial charge in [-0.25, -0.2) is 4.79 Å². The van der Waals surface area contributed by atoms with Crippen molar-refractivity contribution < 1.29 is 14.3 Å². The van der Waals surface area contributed by atoms with E-state index in [0.717, 1.165) is 0 Å². The molecule has 0 radical (unpaired) electrons. The minimum absolute atomic E-state index is 0.434. The average molecular weight is 287 g/mol. The molecule has 88 valence electrons. The molecular formula is C12H15BrO3. The van der Waals surface area contributed by atoms with Crippen LogP contribution in [0.15, 0.2) is 30.3 Å². The molecule has 1 unspecified atom stereocenters. The highest BCUT2D eigenvalue weighted by Crippen LogP contribution is 2.17. The van der Waals surface area contributed by atoms with Gasteiger partial charge in [0, 0.05) is 0 Å². The van der Waals surface area contributed by atoms with Gasteiger partial charge in [0.25, 0.3) is 0 Å². The number of halogens is 1. The SMILES string of the molecule is CC(C)(C)OC(=O)C(Br)Oc1ccccc1. The van der Waals surface area contributed by atoms with Crippen LogP contribution in [0.5, 0.6) is 5.75 Å². The third kappa shape index (κ3) is 4.66. The summed E-state index contributed by atoms with van der Waals surface area (Å²) in [4.78, 5) is 11.6. The van der Waals surface area contributed by atoms with E-state index in [1.54, 1.807) is 12.1 Å². The van der Waals surface area contributed by atoms with Gasteiger partial charge in [0.15, 0.2) is 0 Å². The number of esters is 1. The number of rotatable bonds is 3. The number of alkyl halides is 1. The van der Waals surface area contributed by atoms with Gasteiger partial charge in [0.05, 0.1) is 0 Å². The summed E-state index contributed by atoms with van der Waals surface area (Å²) in [6, 6.07) is 9.11. The van der Waals surface area contributed by atoms with Crippen molar-refractivity contribution in [1.29, 1.82) is 0 Å². The van der Waals surface area contributed by atoms with E-state index in [9.17, 15) is 4.79 Å². The van der Waals surface area contributed by atoms with Gasteiger partial charge in [-0.15, -0.1) is 0 Å². The second-order valence-electron chi connectivity index (χ2n) is 4.28. The van der Waals surface area contributed by atoms with Crippen LogP contribution in [0.25, 0.3) is 0 Å². The first-order chi connectivity index (χ1) is 7.38. The van der Waals surface area contributed by atoms with Crippen molar-refractivity contribution in [2.45, 2.75) is 31.4 Å². The number of para-hydroxylation sites is 1. The Bertz CT molecular complexity index is 343. The molecule has 1 aromatic carbocycles. The van der Waals surface area contributed by atoms with E-state index in [1.807, 2.05) is 39.0 Å². The lowest BCUT2D eigenvalue weighted by atomic mass is 10.2. The Morgan fingerprint density at radius 1 is 1.25 bits per heavy atom. The molecule has 16 heavy (non-hydrogen) atoms. The van der Waals surface area contributed by atoms with Crippen LogP contribution in [0.1, 0.15) is 20.8 Å². The Labute approximate surface area is 104 Å². The van der Waals surface area contributed by atoms with Gasteiger partial charge in [-0.3, -0.25) is 0 Å². The smallest absolute Gasteiger partial charge is 0.359 e. The predicted molar refractivity (Wildman–Crippen MR) is 65.6 cm³/mol. The van der Waals surface area contributed by atoms with E-state index >= 15 is 0 Å². The van der Waals surface area contributed by atoms with E-state index in [4.69, 9.17) is 9.47 Å². The molecule has 0 aromatic heterocycles. The number of hydrogen-bond acceptors (Lipinski definition) is 3. The molecule has 0 heterocycles. The first-order valence-corrected chi connectivity index (χ1v) is 5.89. The number of hydrogen-bond donors (Lipinski definition) is 0. The van der Waals surface area contributed by atoms with Crippen molar-refractivity contribution in [3.8, 4) is 5.75 Å². The molecule has 0 saturated heterocycles. The second kappa shape index (κ2) is 5.34. The van der Waals surface area contributed by atoms with Crippen LogP contribution in [0.3, 0.4) is 0 Å². The normalized spacial score (nSPS) is 13.0. The predicted octanol–water partition coefficient (Wildman–Crippen LogP) is 3.13. The topological polar surface area (TPSA) is 35.5 Å². The standard InChI is InChI=1S/C12H15BrO3/c1-12(2,3)16-11(14)10(13)15-9-7-5-4-6-8-9/h4-8,10H,1-3H3. The largest absolute Gasteiger partial charge is 0.467 e. The molecule has 0 bridgehead atoms. The number of benzene rings is 1. The molecule has 3 nitrogen and oxygen atoms in total.